The Hall–Kier alpha value is -1.07. The summed E-state index contributed by atoms with van der Waals surface area (Å²) in [5.74, 6) is 1.26. The van der Waals surface area contributed by atoms with E-state index in [1.165, 1.54) is 0 Å². The van der Waals surface area contributed by atoms with Crippen LogP contribution in [0.5, 0.6) is 0 Å². The SMILES string of the molecule is Nc1nc2cc(Br)ccc2n1CCC1CCOC1. The van der Waals surface area contributed by atoms with Gasteiger partial charge in [-0.1, -0.05) is 15.9 Å². The molecule has 2 aromatic rings. The fourth-order valence-electron chi connectivity index (χ4n) is 2.48. The molecule has 1 saturated heterocycles. The quantitative estimate of drug-likeness (QED) is 0.948. The van der Waals surface area contributed by atoms with Gasteiger partial charge in [-0.3, -0.25) is 0 Å². The van der Waals surface area contributed by atoms with Crippen molar-refractivity contribution in [2.75, 3.05) is 18.9 Å². The van der Waals surface area contributed by atoms with Crippen molar-refractivity contribution in [3.05, 3.63) is 22.7 Å². The number of halogens is 1. The van der Waals surface area contributed by atoms with Crippen molar-refractivity contribution in [1.82, 2.24) is 9.55 Å². The number of fused-ring (bicyclic) bond motifs is 1. The lowest BCUT2D eigenvalue weighted by Gasteiger charge is -2.10. The van der Waals surface area contributed by atoms with E-state index in [0.29, 0.717) is 11.9 Å². The number of ether oxygens (including phenoxy) is 1. The van der Waals surface area contributed by atoms with E-state index in [2.05, 4.69) is 31.5 Å². The lowest BCUT2D eigenvalue weighted by atomic mass is 10.1. The average molecular weight is 310 g/mol. The summed E-state index contributed by atoms with van der Waals surface area (Å²) in [5.41, 5.74) is 8.05. The van der Waals surface area contributed by atoms with Gasteiger partial charge in [0.1, 0.15) is 0 Å². The molecule has 1 aliphatic heterocycles. The molecule has 4 nitrogen and oxygen atoms in total. The lowest BCUT2D eigenvalue weighted by Crippen LogP contribution is -2.08. The zero-order chi connectivity index (χ0) is 12.5. The molecule has 1 aromatic heterocycles. The number of hydrogen-bond donors (Lipinski definition) is 1. The molecule has 0 radical (unpaired) electrons. The molecule has 1 atom stereocenters. The minimum atomic E-state index is 0.599. The standard InChI is InChI=1S/C13H16BrN3O/c14-10-1-2-12-11(7-10)16-13(15)17(12)5-3-9-4-6-18-8-9/h1-2,7,9H,3-6,8H2,(H2,15,16). The number of nitrogens with two attached hydrogens (primary N) is 1. The number of anilines is 1. The predicted molar refractivity (Wildman–Crippen MR) is 75.4 cm³/mol. The Kier molecular flexibility index (Phi) is 3.26. The maximum absolute atomic E-state index is 5.99. The highest BCUT2D eigenvalue weighted by Gasteiger charge is 2.16. The minimum Gasteiger partial charge on any atom is -0.381 e. The van der Waals surface area contributed by atoms with Crippen molar-refractivity contribution in [3.8, 4) is 0 Å². The number of rotatable bonds is 3. The molecule has 0 bridgehead atoms. The van der Waals surface area contributed by atoms with Crippen LogP contribution in [0.1, 0.15) is 12.8 Å². The number of aromatic nitrogens is 2. The normalized spacial score (nSPS) is 19.7. The van der Waals surface area contributed by atoms with Gasteiger partial charge in [0.05, 0.1) is 11.0 Å². The van der Waals surface area contributed by atoms with E-state index < -0.39 is 0 Å². The lowest BCUT2D eigenvalue weighted by molar-refractivity contribution is 0.183. The molecule has 2 N–H and O–H groups in total. The van der Waals surface area contributed by atoms with Crippen LogP contribution in [0, 0.1) is 5.92 Å². The predicted octanol–water partition coefficient (Wildman–Crippen LogP) is 2.81. The van der Waals surface area contributed by atoms with E-state index in [1.807, 2.05) is 12.1 Å². The molecule has 96 valence electrons. The minimum absolute atomic E-state index is 0.599. The first-order chi connectivity index (χ1) is 8.74. The van der Waals surface area contributed by atoms with Crippen molar-refractivity contribution >= 4 is 32.9 Å². The van der Waals surface area contributed by atoms with Crippen molar-refractivity contribution in [1.29, 1.82) is 0 Å². The summed E-state index contributed by atoms with van der Waals surface area (Å²) in [6, 6.07) is 6.09. The van der Waals surface area contributed by atoms with E-state index in [4.69, 9.17) is 10.5 Å². The highest BCUT2D eigenvalue weighted by Crippen LogP contribution is 2.24. The Morgan fingerprint density at radius 3 is 3.17 bits per heavy atom. The van der Waals surface area contributed by atoms with Crippen LogP contribution < -0.4 is 5.73 Å². The van der Waals surface area contributed by atoms with Crippen LogP contribution in [0.2, 0.25) is 0 Å². The summed E-state index contributed by atoms with van der Waals surface area (Å²) < 4.78 is 8.53. The fourth-order valence-corrected chi connectivity index (χ4v) is 2.83. The third kappa shape index (κ3) is 2.24. The molecule has 18 heavy (non-hydrogen) atoms. The zero-order valence-corrected chi connectivity index (χ0v) is 11.7. The molecular weight excluding hydrogens is 294 g/mol. The van der Waals surface area contributed by atoms with Crippen molar-refractivity contribution in [3.63, 3.8) is 0 Å². The number of hydrogen-bond acceptors (Lipinski definition) is 3. The van der Waals surface area contributed by atoms with Crippen molar-refractivity contribution < 1.29 is 4.74 Å². The molecule has 5 heteroatoms. The van der Waals surface area contributed by atoms with Crippen LogP contribution in [0.25, 0.3) is 11.0 Å². The molecular formula is C13H16BrN3O. The van der Waals surface area contributed by atoms with Crippen molar-refractivity contribution in [2.24, 2.45) is 5.92 Å². The maximum atomic E-state index is 5.99. The summed E-state index contributed by atoms with van der Waals surface area (Å²) in [7, 11) is 0. The maximum Gasteiger partial charge on any atom is 0.201 e. The largest absolute Gasteiger partial charge is 0.381 e. The van der Waals surface area contributed by atoms with E-state index in [0.717, 1.165) is 48.1 Å². The Bertz CT molecular complexity index is 561. The smallest absolute Gasteiger partial charge is 0.201 e. The summed E-state index contributed by atoms with van der Waals surface area (Å²) >= 11 is 3.45. The second-order valence-electron chi connectivity index (χ2n) is 4.77. The molecule has 0 saturated carbocycles. The van der Waals surface area contributed by atoms with Crippen LogP contribution in [0.15, 0.2) is 22.7 Å². The second-order valence-corrected chi connectivity index (χ2v) is 5.69. The Morgan fingerprint density at radius 1 is 1.50 bits per heavy atom. The van der Waals surface area contributed by atoms with Gasteiger partial charge >= 0.3 is 0 Å². The van der Waals surface area contributed by atoms with E-state index in [-0.39, 0.29) is 0 Å². The molecule has 2 heterocycles. The van der Waals surface area contributed by atoms with Gasteiger partial charge < -0.3 is 15.0 Å². The Labute approximate surface area is 114 Å². The van der Waals surface area contributed by atoms with Crippen molar-refractivity contribution in [2.45, 2.75) is 19.4 Å². The molecule has 0 amide bonds. The number of nitrogens with zero attached hydrogens (tertiary/aromatic N) is 2. The molecule has 1 fully saturated rings. The van der Waals surface area contributed by atoms with Gasteiger partial charge in [-0.15, -0.1) is 0 Å². The zero-order valence-electron chi connectivity index (χ0n) is 10.1. The first kappa shape index (κ1) is 12.0. The topological polar surface area (TPSA) is 53.1 Å². The van der Waals surface area contributed by atoms with Gasteiger partial charge in [-0.25, -0.2) is 4.98 Å². The number of aryl methyl sites for hydroxylation is 1. The second kappa shape index (κ2) is 4.90. The summed E-state index contributed by atoms with van der Waals surface area (Å²) in [6.07, 6.45) is 2.27. The van der Waals surface area contributed by atoms with Gasteiger partial charge in [0.15, 0.2) is 0 Å². The summed E-state index contributed by atoms with van der Waals surface area (Å²) in [6.45, 7) is 2.70. The molecule has 1 aromatic carbocycles. The van der Waals surface area contributed by atoms with Gasteiger partial charge in [-0.05, 0) is 37.0 Å². The highest BCUT2D eigenvalue weighted by molar-refractivity contribution is 9.10. The monoisotopic (exact) mass is 309 g/mol. The summed E-state index contributed by atoms with van der Waals surface area (Å²) in [5, 5.41) is 0. The van der Waals surface area contributed by atoms with Gasteiger partial charge in [-0.2, -0.15) is 0 Å². The van der Waals surface area contributed by atoms with Gasteiger partial charge in [0, 0.05) is 24.2 Å². The Balaban J connectivity index is 1.84. The average Bonchev–Trinajstić information content (AvgIpc) is 2.93. The van der Waals surface area contributed by atoms with Crippen LogP contribution in [0.4, 0.5) is 5.95 Å². The van der Waals surface area contributed by atoms with E-state index in [1.54, 1.807) is 0 Å². The van der Waals surface area contributed by atoms with Crippen LogP contribution in [-0.2, 0) is 11.3 Å². The summed E-state index contributed by atoms with van der Waals surface area (Å²) in [4.78, 5) is 4.40. The molecule has 1 unspecified atom stereocenters. The van der Waals surface area contributed by atoms with Gasteiger partial charge in [0.2, 0.25) is 5.95 Å². The molecule has 0 spiro atoms. The van der Waals surface area contributed by atoms with E-state index in [9.17, 15) is 0 Å². The van der Waals surface area contributed by atoms with Crippen LogP contribution in [0.3, 0.4) is 0 Å². The molecule has 0 aliphatic carbocycles. The number of imidazole rings is 1. The highest BCUT2D eigenvalue weighted by atomic mass is 79.9. The first-order valence-electron chi connectivity index (χ1n) is 6.23. The van der Waals surface area contributed by atoms with Crippen LogP contribution >= 0.6 is 15.9 Å². The third-order valence-corrected chi connectivity index (χ3v) is 4.02. The molecule has 3 rings (SSSR count). The first-order valence-corrected chi connectivity index (χ1v) is 7.02. The number of nitrogen functional groups attached to an aromatic ring is 1. The van der Waals surface area contributed by atoms with Gasteiger partial charge in [0.25, 0.3) is 0 Å². The number of benzene rings is 1. The Morgan fingerprint density at radius 2 is 2.39 bits per heavy atom. The van der Waals surface area contributed by atoms with E-state index >= 15 is 0 Å². The molecule has 1 aliphatic rings. The third-order valence-electron chi connectivity index (χ3n) is 3.52. The van der Waals surface area contributed by atoms with Crippen LogP contribution in [-0.4, -0.2) is 22.8 Å². The fraction of sp³-hybridized carbons (Fsp3) is 0.462.